The number of hydrogen-bond donors (Lipinski definition) is 2. The first-order chi connectivity index (χ1) is 12.1. The monoisotopic (exact) mass is 336 g/mol. The maximum absolute atomic E-state index is 11.0. The quantitative estimate of drug-likeness (QED) is 0.649. The fourth-order valence-corrected chi connectivity index (χ4v) is 2.56. The SMILES string of the molecule is Cc1ccccc1CNCCn1cnc(-c2cc(C(=O)O)ccn2)c1. The van der Waals surface area contributed by atoms with Gasteiger partial charge < -0.3 is 15.0 Å². The maximum Gasteiger partial charge on any atom is 0.335 e. The Balaban J connectivity index is 1.56. The van der Waals surface area contributed by atoms with Crippen LogP contribution in [0.1, 0.15) is 21.5 Å². The number of aromatic nitrogens is 3. The van der Waals surface area contributed by atoms with Gasteiger partial charge in [0.1, 0.15) is 5.69 Å². The molecule has 0 aliphatic heterocycles. The Morgan fingerprint density at radius 2 is 2.04 bits per heavy atom. The van der Waals surface area contributed by atoms with Crippen LogP contribution in [0.5, 0.6) is 0 Å². The molecule has 2 N–H and O–H groups in total. The summed E-state index contributed by atoms with van der Waals surface area (Å²) in [5.74, 6) is -0.969. The van der Waals surface area contributed by atoms with E-state index in [1.54, 1.807) is 6.33 Å². The molecule has 0 amide bonds. The average Bonchev–Trinajstić information content (AvgIpc) is 3.09. The van der Waals surface area contributed by atoms with Crippen molar-refractivity contribution in [3.05, 3.63) is 71.8 Å². The number of aryl methyl sites for hydroxylation is 1. The number of benzene rings is 1. The highest BCUT2D eigenvalue weighted by atomic mass is 16.4. The van der Waals surface area contributed by atoms with Crippen molar-refractivity contribution in [3.8, 4) is 11.4 Å². The van der Waals surface area contributed by atoms with Crippen LogP contribution >= 0.6 is 0 Å². The Labute approximate surface area is 146 Å². The summed E-state index contributed by atoms with van der Waals surface area (Å²) in [6.07, 6.45) is 5.10. The number of pyridine rings is 1. The second kappa shape index (κ2) is 7.72. The predicted octanol–water partition coefficient (Wildman–Crippen LogP) is 2.74. The number of carboxylic acids is 1. The van der Waals surface area contributed by atoms with Gasteiger partial charge in [-0.25, -0.2) is 9.78 Å². The van der Waals surface area contributed by atoms with Gasteiger partial charge in [-0.1, -0.05) is 24.3 Å². The van der Waals surface area contributed by atoms with Crippen LogP contribution in [0.3, 0.4) is 0 Å². The van der Waals surface area contributed by atoms with Crippen LogP contribution in [0, 0.1) is 6.92 Å². The zero-order valence-corrected chi connectivity index (χ0v) is 14.0. The summed E-state index contributed by atoms with van der Waals surface area (Å²) in [6, 6.07) is 11.3. The number of nitrogens with zero attached hydrogens (tertiary/aromatic N) is 3. The van der Waals surface area contributed by atoms with E-state index >= 15 is 0 Å². The van der Waals surface area contributed by atoms with Crippen molar-refractivity contribution in [2.24, 2.45) is 0 Å². The van der Waals surface area contributed by atoms with Gasteiger partial charge >= 0.3 is 5.97 Å². The molecule has 0 atom stereocenters. The van der Waals surface area contributed by atoms with Gasteiger partial charge in [-0.15, -0.1) is 0 Å². The molecular weight excluding hydrogens is 316 g/mol. The standard InChI is InChI=1S/C19H20N4O2/c1-14-4-2-3-5-16(14)11-20-8-9-23-12-18(22-13-23)17-10-15(19(24)25)6-7-21-17/h2-7,10,12-13,20H,8-9,11H2,1H3,(H,24,25). The van der Waals surface area contributed by atoms with Gasteiger partial charge in [-0.2, -0.15) is 0 Å². The van der Waals surface area contributed by atoms with E-state index in [-0.39, 0.29) is 5.56 Å². The summed E-state index contributed by atoms with van der Waals surface area (Å²) in [5.41, 5.74) is 4.01. The minimum absolute atomic E-state index is 0.208. The highest BCUT2D eigenvalue weighted by Gasteiger charge is 2.08. The third-order valence-corrected chi connectivity index (χ3v) is 4.03. The van der Waals surface area contributed by atoms with Crippen LogP contribution in [0.2, 0.25) is 0 Å². The molecule has 6 heteroatoms. The van der Waals surface area contributed by atoms with Gasteiger partial charge in [-0.05, 0) is 30.2 Å². The topological polar surface area (TPSA) is 80.0 Å². The van der Waals surface area contributed by atoms with Crippen LogP contribution < -0.4 is 5.32 Å². The fourth-order valence-electron chi connectivity index (χ4n) is 2.56. The van der Waals surface area contributed by atoms with Crippen molar-refractivity contribution < 1.29 is 9.90 Å². The van der Waals surface area contributed by atoms with Crippen molar-refractivity contribution >= 4 is 5.97 Å². The van der Waals surface area contributed by atoms with Crippen molar-refractivity contribution in [2.75, 3.05) is 6.54 Å². The van der Waals surface area contributed by atoms with Crippen LogP contribution in [0.15, 0.2) is 55.1 Å². The van der Waals surface area contributed by atoms with E-state index in [1.807, 2.05) is 22.9 Å². The first kappa shape index (κ1) is 16.9. The van der Waals surface area contributed by atoms with Gasteiger partial charge in [-0.3, -0.25) is 4.98 Å². The van der Waals surface area contributed by atoms with E-state index in [0.717, 1.165) is 19.6 Å². The Bertz CT molecular complexity index is 873. The third kappa shape index (κ3) is 4.30. The highest BCUT2D eigenvalue weighted by molar-refractivity contribution is 5.88. The van der Waals surface area contributed by atoms with Crippen molar-refractivity contribution in [1.82, 2.24) is 19.9 Å². The molecule has 2 heterocycles. The van der Waals surface area contributed by atoms with Gasteiger partial charge in [0.2, 0.25) is 0 Å². The Kier molecular flexibility index (Phi) is 5.20. The van der Waals surface area contributed by atoms with Gasteiger partial charge in [0.25, 0.3) is 0 Å². The molecular formula is C19H20N4O2. The smallest absolute Gasteiger partial charge is 0.335 e. The molecule has 25 heavy (non-hydrogen) atoms. The lowest BCUT2D eigenvalue weighted by molar-refractivity contribution is 0.0697. The Hall–Kier alpha value is -2.99. The van der Waals surface area contributed by atoms with Gasteiger partial charge in [0.15, 0.2) is 0 Å². The molecule has 0 saturated heterocycles. The van der Waals surface area contributed by atoms with E-state index in [2.05, 4.69) is 34.3 Å². The summed E-state index contributed by atoms with van der Waals surface area (Å²) in [6.45, 7) is 4.53. The van der Waals surface area contributed by atoms with Crippen molar-refractivity contribution in [3.63, 3.8) is 0 Å². The summed E-state index contributed by atoms with van der Waals surface area (Å²) in [7, 11) is 0. The molecule has 3 rings (SSSR count). The number of hydrogen-bond acceptors (Lipinski definition) is 4. The minimum Gasteiger partial charge on any atom is -0.478 e. The zero-order valence-electron chi connectivity index (χ0n) is 14.0. The summed E-state index contributed by atoms with van der Waals surface area (Å²) in [5, 5.41) is 12.5. The summed E-state index contributed by atoms with van der Waals surface area (Å²) in [4.78, 5) is 19.6. The van der Waals surface area contributed by atoms with Gasteiger partial charge in [0, 0.05) is 32.0 Å². The number of carboxylic acid groups (broad SMARTS) is 1. The van der Waals surface area contributed by atoms with Crippen LogP contribution in [-0.4, -0.2) is 32.2 Å². The first-order valence-electron chi connectivity index (χ1n) is 8.10. The molecule has 0 radical (unpaired) electrons. The summed E-state index contributed by atoms with van der Waals surface area (Å²) < 4.78 is 1.97. The molecule has 0 aliphatic rings. The Morgan fingerprint density at radius 1 is 1.20 bits per heavy atom. The van der Waals surface area contributed by atoms with Crippen LogP contribution in [0.25, 0.3) is 11.4 Å². The molecule has 128 valence electrons. The minimum atomic E-state index is -0.969. The Morgan fingerprint density at radius 3 is 2.84 bits per heavy atom. The van der Waals surface area contributed by atoms with E-state index in [9.17, 15) is 4.79 Å². The van der Waals surface area contributed by atoms with Crippen LogP contribution in [0.4, 0.5) is 0 Å². The van der Waals surface area contributed by atoms with E-state index in [4.69, 9.17) is 5.11 Å². The molecule has 2 aromatic heterocycles. The van der Waals surface area contributed by atoms with Crippen LogP contribution in [-0.2, 0) is 13.1 Å². The molecule has 1 aromatic carbocycles. The number of rotatable bonds is 7. The second-order valence-corrected chi connectivity index (χ2v) is 5.83. The molecule has 0 fully saturated rings. The summed E-state index contributed by atoms with van der Waals surface area (Å²) >= 11 is 0. The molecule has 0 bridgehead atoms. The molecule has 6 nitrogen and oxygen atoms in total. The average molecular weight is 336 g/mol. The normalized spacial score (nSPS) is 10.8. The lowest BCUT2D eigenvalue weighted by Gasteiger charge is -2.07. The zero-order chi connectivity index (χ0) is 17.6. The fraction of sp³-hybridized carbons (Fsp3) is 0.211. The second-order valence-electron chi connectivity index (χ2n) is 5.83. The lowest BCUT2D eigenvalue weighted by atomic mass is 10.1. The first-order valence-corrected chi connectivity index (χ1v) is 8.10. The molecule has 0 spiro atoms. The number of aromatic carboxylic acids is 1. The van der Waals surface area contributed by atoms with E-state index < -0.39 is 5.97 Å². The highest BCUT2D eigenvalue weighted by Crippen LogP contribution is 2.15. The molecule has 0 saturated carbocycles. The van der Waals surface area contributed by atoms with Crippen molar-refractivity contribution in [2.45, 2.75) is 20.0 Å². The molecule has 3 aromatic rings. The van der Waals surface area contributed by atoms with E-state index in [0.29, 0.717) is 11.4 Å². The number of nitrogens with one attached hydrogen (secondary N) is 1. The third-order valence-electron chi connectivity index (χ3n) is 4.03. The number of imidazole rings is 1. The largest absolute Gasteiger partial charge is 0.478 e. The maximum atomic E-state index is 11.0. The number of carbonyl (C=O) groups is 1. The van der Waals surface area contributed by atoms with Gasteiger partial charge in [0.05, 0.1) is 17.6 Å². The van der Waals surface area contributed by atoms with E-state index in [1.165, 1.54) is 29.5 Å². The lowest BCUT2D eigenvalue weighted by Crippen LogP contribution is -2.19. The molecule has 0 aliphatic carbocycles. The van der Waals surface area contributed by atoms with Crippen molar-refractivity contribution in [1.29, 1.82) is 0 Å². The molecule has 0 unspecified atom stereocenters. The predicted molar refractivity (Wildman–Crippen MR) is 95.3 cm³/mol.